The summed E-state index contributed by atoms with van der Waals surface area (Å²) in [5.41, 5.74) is 2.37. The Morgan fingerprint density at radius 3 is 2.95 bits per heavy atom. The van der Waals surface area contributed by atoms with Gasteiger partial charge in [-0.3, -0.25) is 4.79 Å². The molecule has 0 atom stereocenters. The maximum absolute atomic E-state index is 12.6. The van der Waals surface area contributed by atoms with Gasteiger partial charge in [0.2, 0.25) is 6.79 Å². The fraction of sp³-hybridized carbons (Fsp3) is 0.333. The van der Waals surface area contributed by atoms with Crippen molar-refractivity contribution < 1.29 is 14.3 Å². The molecule has 2 aromatic rings. The van der Waals surface area contributed by atoms with Crippen molar-refractivity contribution in [1.29, 1.82) is 0 Å². The van der Waals surface area contributed by atoms with E-state index >= 15 is 0 Å². The Balaban J connectivity index is 1.78. The number of nitrogens with zero attached hydrogens (tertiary/aromatic N) is 2. The van der Waals surface area contributed by atoms with Crippen LogP contribution in [0.2, 0.25) is 0 Å². The molecule has 0 radical (unpaired) electrons. The van der Waals surface area contributed by atoms with Crippen molar-refractivity contribution >= 4 is 22.4 Å². The summed E-state index contributed by atoms with van der Waals surface area (Å²) in [6.07, 6.45) is 0. The summed E-state index contributed by atoms with van der Waals surface area (Å²) in [5, 5.41) is 3.81. The van der Waals surface area contributed by atoms with Gasteiger partial charge in [-0.2, -0.15) is 4.37 Å². The van der Waals surface area contributed by atoms with Crippen LogP contribution < -0.4 is 14.8 Å². The highest BCUT2D eigenvalue weighted by atomic mass is 32.1. The molecule has 0 saturated heterocycles. The van der Waals surface area contributed by atoms with Crippen LogP contribution in [-0.2, 0) is 6.54 Å². The Bertz CT molecular complexity index is 714. The van der Waals surface area contributed by atoms with Crippen molar-refractivity contribution in [3.63, 3.8) is 0 Å². The molecule has 1 aliphatic rings. The number of fused-ring (bicyclic) bond motifs is 1. The lowest BCUT2D eigenvalue weighted by atomic mass is 10.1. The lowest BCUT2D eigenvalue weighted by Gasteiger charge is -2.18. The number of carbonyl (C=O) groups excluding carboxylic acids is 1. The Hall–Kier alpha value is -2.28. The number of nitrogens with one attached hydrogen (secondary N) is 1. The molecule has 0 spiro atoms. The van der Waals surface area contributed by atoms with Crippen LogP contribution in [0.3, 0.4) is 0 Å². The van der Waals surface area contributed by atoms with Crippen molar-refractivity contribution in [3.8, 4) is 11.5 Å². The number of amides is 1. The molecular weight excluding hydrogens is 302 g/mol. The van der Waals surface area contributed by atoms with E-state index in [9.17, 15) is 4.79 Å². The first kappa shape index (κ1) is 14.6. The summed E-state index contributed by atoms with van der Waals surface area (Å²) in [5.74, 6) is 1.42. The van der Waals surface area contributed by atoms with Crippen LogP contribution in [0.4, 0.5) is 5.00 Å². The molecule has 1 amide bonds. The molecule has 1 aliphatic heterocycles. The molecule has 1 aromatic heterocycles. The fourth-order valence-electron chi connectivity index (χ4n) is 2.37. The van der Waals surface area contributed by atoms with Gasteiger partial charge < -0.3 is 19.7 Å². The van der Waals surface area contributed by atoms with Crippen molar-refractivity contribution in [2.45, 2.75) is 13.5 Å². The van der Waals surface area contributed by atoms with Crippen LogP contribution in [0.1, 0.15) is 21.6 Å². The average Bonchev–Trinajstić information content (AvgIpc) is 3.11. The van der Waals surface area contributed by atoms with Crippen molar-refractivity contribution in [1.82, 2.24) is 9.27 Å². The average molecular weight is 319 g/mol. The van der Waals surface area contributed by atoms with Gasteiger partial charge in [-0.1, -0.05) is 6.07 Å². The maximum Gasteiger partial charge on any atom is 0.258 e. The van der Waals surface area contributed by atoms with Gasteiger partial charge in [0.15, 0.2) is 11.5 Å². The van der Waals surface area contributed by atoms with E-state index in [1.54, 1.807) is 19.0 Å². The minimum absolute atomic E-state index is 0.0479. The third-order valence-electron chi connectivity index (χ3n) is 3.51. The van der Waals surface area contributed by atoms with Gasteiger partial charge in [-0.15, -0.1) is 0 Å². The van der Waals surface area contributed by atoms with E-state index in [2.05, 4.69) is 9.69 Å². The first-order chi connectivity index (χ1) is 10.6. The number of aromatic nitrogens is 1. The molecule has 0 aliphatic carbocycles. The lowest BCUT2D eigenvalue weighted by Crippen LogP contribution is -2.27. The first-order valence-electron chi connectivity index (χ1n) is 6.88. The molecular formula is C15H17N3O3S. The fourth-order valence-corrected chi connectivity index (χ4v) is 3.11. The highest BCUT2D eigenvalue weighted by molar-refractivity contribution is 7.10. The van der Waals surface area contributed by atoms with Gasteiger partial charge in [0.25, 0.3) is 5.91 Å². The quantitative estimate of drug-likeness (QED) is 0.938. The minimum atomic E-state index is -0.0479. The molecule has 0 saturated carbocycles. The zero-order valence-electron chi connectivity index (χ0n) is 12.7. The third-order valence-corrected chi connectivity index (χ3v) is 4.46. The molecule has 0 bridgehead atoms. The van der Waals surface area contributed by atoms with E-state index in [0.717, 1.165) is 27.8 Å². The maximum atomic E-state index is 12.6. The number of hydrogen-bond acceptors (Lipinski definition) is 6. The molecule has 0 fully saturated rings. The van der Waals surface area contributed by atoms with E-state index in [4.69, 9.17) is 9.47 Å². The van der Waals surface area contributed by atoms with E-state index in [0.29, 0.717) is 12.1 Å². The Kier molecular flexibility index (Phi) is 3.89. The smallest absolute Gasteiger partial charge is 0.258 e. The normalized spacial score (nSPS) is 12.3. The van der Waals surface area contributed by atoms with Gasteiger partial charge in [0.1, 0.15) is 5.00 Å². The molecule has 6 nitrogen and oxygen atoms in total. The number of aryl methyl sites for hydroxylation is 1. The summed E-state index contributed by atoms with van der Waals surface area (Å²) in [7, 11) is 3.57. The highest BCUT2D eigenvalue weighted by Crippen LogP contribution is 2.33. The van der Waals surface area contributed by atoms with Crippen molar-refractivity contribution in [3.05, 3.63) is 35.0 Å². The molecule has 2 heterocycles. The molecule has 22 heavy (non-hydrogen) atoms. The third kappa shape index (κ3) is 2.59. The zero-order valence-corrected chi connectivity index (χ0v) is 13.5. The SMILES string of the molecule is CNc1snc(C)c1C(=O)N(C)Cc1ccc2c(c1)OCO2. The molecule has 116 valence electrons. The summed E-state index contributed by atoms with van der Waals surface area (Å²) < 4.78 is 14.9. The number of ether oxygens (including phenoxy) is 2. The number of benzene rings is 1. The first-order valence-corrected chi connectivity index (χ1v) is 7.65. The molecule has 0 unspecified atom stereocenters. The second-order valence-electron chi connectivity index (χ2n) is 5.07. The van der Waals surface area contributed by atoms with Crippen LogP contribution in [-0.4, -0.2) is 36.1 Å². The number of anilines is 1. The predicted octanol–water partition coefficient (Wildman–Crippen LogP) is 2.49. The van der Waals surface area contributed by atoms with Crippen molar-refractivity contribution in [2.75, 3.05) is 26.2 Å². The van der Waals surface area contributed by atoms with Gasteiger partial charge in [0, 0.05) is 20.6 Å². The van der Waals surface area contributed by atoms with Crippen LogP contribution in [0.5, 0.6) is 11.5 Å². The van der Waals surface area contributed by atoms with E-state index in [1.165, 1.54) is 11.5 Å². The highest BCUT2D eigenvalue weighted by Gasteiger charge is 2.22. The van der Waals surface area contributed by atoms with Crippen LogP contribution >= 0.6 is 11.5 Å². The summed E-state index contributed by atoms with van der Waals surface area (Å²) in [4.78, 5) is 14.3. The van der Waals surface area contributed by atoms with E-state index in [1.807, 2.05) is 25.1 Å². The second kappa shape index (κ2) is 5.84. The minimum Gasteiger partial charge on any atom is -0.454 e. The number of rotatable bonds is 4. The van der Waals surface area contributed by atoms with Crippen LogP contribution in [0, 0.1) is 6.92 Å². The van der Waals surface area contributed by atoms with Gasteiger partial charge in [-0.05, 0) is 36.2 Å². The number of hydrogen-bond donors (Lipinski definition) is 1. The topological polar surface area (TPSA) is 63.7 Å². The standard InChI is InChI=1S/C15H17N3O3S/c1-9-13(14(16-2)22-17-9)15(19)18(3)7-10-4-5-11-12(6-10)21-8-20-11/h4-6,16H,7-8H2,1-3H3. The molecule has 1 N–H and O–H groups in total. The molecule has 7 heteroatoms. The Morgan fingerprint density at radius 2 is 2.18 bits per heavy atom. The zero-order chi connectivity index (χ0) is 15.7. The lowest BCUT2D eigenvalue weighted by molar-refractivity contribution is 0.0785. The van der Waals surface area contributed by atoms with Crippen LogP contribution in [0.15, 0.2) is 18.2 Å². The summed E-state index contributed by atoms with van der Waals surface area (Å²) >= 11 is 1.30. The second-order valence-corrected chi connectivity index (χ2v) is 5.84. The van der Waals surface area contributed by atoms with E-state index in [-0.39, 0.29) is 12.7 Å². The Morgan fingerprint density at radius 1 is 1.41 bits per heavy atom. The van der Waals surface area contributed by atoms with Crippen molar-refractivity contribution in [2.24, 2.45) is 0 Å². The van der Waals surface area contributed by atoms with Crippen LogP contribution in [0.25, 0.3) is 0 Å². The van der Waals surface area contributed by atoms with Gasteiger partial charge >= 0.3 is 0 Å². The van der Waals surface area contributed by atoms with Gasteiger partial charge in [-0.25, -0.2) is 0 Å². The Labute approximate surface area is 132 Å². The number of carbonyl (C=O) groups is 1. The van der Waals surface area contributed by atoms with Gasteiger partial charge in [0.05, 0.1) is 11.3 Å². The monoisotopic (exact) mass is 319 g/mol. The summed E-state index contributed by atoms with van der Waals surface area (Å²) in [6, 6.07) is 5.71. The van der Waals surface area contributed by atoms with E-state index < -0.39 is 0 Å². The predicted molar refractivity (Wildman–Crippen MR) is 84.8 cm³/mol. The molecule has 3 rings (SSSR count). The largest absolute Gasteiger partial charge is 0.454 e. The summed E-state index contributed by atoms with van der Waals surface area (Å²) in [6.45, 7) is 2.59. The molecule has 1 aromatic carbocycles.